The fraction of sp³-hybridized carbons (Fsp3) is 0.308. The van der Waals surface area contributed by atoms with E-state index in [4.69, 9.17) is 9.84 Å². The first kappa shape index (κ1) is 14.9. The molecule has 0 bridgehead atoms. The van der Waals surface area contributed by atoms with Crippen molar-refractivity contribution in [2.24, 2.45) is 0 Å². The van der Waals surface area contributed by atoms with Crippen LogP contribution in [0, 0.1) is 0 Å². The summed E-state index contributed by atoms with van der Waals surface area (Å²) in [7, 11) is 0. The Labute approximate surface area is 122 Å². The summed E-state index contributed by atoms with van der Waals surface area (Å²) in [5.74, 6) is -3.33. The topological polar surface area (TPSA) is 58.6 Å². The predicted octanol–water partition coefficient (Wildman–Crippen LogP) is 1.97. The Morgan fingerprint density at radius 3 is 2.95 bits per heavy atom. The number of alkyl halides is 2. The third-order valence-corrected chi connectivity index (χ3v) is 3.21. The minimum absolute atomic E-state index is 0.0190. The van der Waals surface area contributed by atoms with Crippen LogP contribution < -0.4 is 10.1 Å². The molecule has 7 heteroatoms. The van der Waals surface area contributed by atoms with E-state index in [9.17, 15) is 13.6 Å². The molecule has 1 aromatic rings. The van der Waals surface area contributed by atoms with Crippen LogP contribution in [0.2, 0.25) is 0 Å². The van der Waals surface area contributed by atoms with E-state index in [-0.39, 0.29) is 12.2 Å². The number of carbonyl (C=O) groups excluding carboxylic acids is 1. The number of benzene rings is 1. The molecule has 1 heterocycles. The van der Waals surface area contributed by atoms with E-state index in [2.05, 4.69) is 21.2 Å². The zero-order valence-corrected chi connectivity index (χ0v) is 11.9. The maximum atomic E-state index is 12.9. The van der Waals surface area contributed by atoms with Crippen LogP contribution in [0.3, 0.4) is 0 Å². The van der Waals surface area contributed by atoms with Gasteiger partial charge in [0, 0.05) is 10.0 Å². The molecule has 1 aromatic carbocycles. The first-order chi connectivity index (χ1) is 9.41. The van der Waals surface area contributed by atoms with Gasteiger partial charge in [-0.25, -0.2) is 8.78 Å². The molecular weight excluding hydrogens is 336 g/mol. The quantitative estimate of drug-likeness (QED) is 0.875. The highest BCUT2D eigenvalue weighted by molar-refractivity contribution is 9.10. The zero-order valence-electron chi connectivity index (χ0n) is 10.3. The van der Waals surface area contributed by atoms with Crippen molar-refractivity contribution in [1.29, 1.82) is 0 Å². The molecule has 0 unspecified atom stereocenters. The number of nitrogens with one attached hydrogen (secondary N) is 1. The summed E-state index contributed by atoms with van der Waals surface area (Å²) in [4.78, 5) is 11.8. The van der Waals surface area contributed by atoms with Gasteiger partial charge < -0.3 is 15.2 Å². The Morgan fingerprint density at radius 1 is 1.50 bits per heavy atom. The van der Waals surface area contributed by atoms with Crippen molar-refractivity contribution in [2.75, 3.05) is 19.8 Å². The Kier molecular flexibility index (Phi) is 4.39. The number of aliphatic hydroxyl groups excluding tert-OH is 1. The summed E-state index contributed by atoms with van der Waals surface area (Å²) in [6.07, 6.45) is 1.59. The Hall–Kier alpha value is -1.47. The number of carbonyl (C=O) groups is 1. The van der Waals surface area contributed by atoms with Gasteiger partial charge in [0.2, 0.25) is 0 Å². The number of fused-ring (bicyclic) bond motifs is 1. The van der Waals surface area contributed by atoms with Gasteiger partial charge in [0.25, 0.3) is 11.8 Å². The van der Waals surface area contributed by atoms with Crippen molar-refractivity contribution in [3.8, 4) is 5.75 Å². The zero-order chi connectivity index (χ0) is 14.8. The Bertz CT molecular complexity index is 561. The highest BCUT2D eigenvalue weighted by Gasteiger charge is 2.29. The fourth-order valence-electron chi connectivity index (χ4n) is 1.66. The second kappa shape index (κ2) is 5.88. The lowest BCUT2D eigenvalue weighted by molar-refractivity contribution is -0.120. The van der Waals surface area contributed by atoms with Gasteiger partial charge in [-0.1, -0.05) is 15.9 Å². The molecule has 0 radical (unpaired) electrons. The van der Waals surface area contributed by atoms with E-state index in [0.717, 1.165) is 4.47 Å². The summed E-state index contributed by atoms with van der Waals surface area (Å²) < 4.78 is 31.9. The smallest absolute Gasteiger partial charge is 0.287 e. The molecule has 0 aliphatic carbocycles. The van der Waals surface area contributed by atoms with Gasteiger partial charge in [-0.15, -0.1) is 0 Å². The van der Waals surface area contributed by atoms with Crippen LogP contribution in [0.4, 0.5) is 8.78 Å². The second-order valence-electron chi connectivity index (χ2n) is 4.34. The lowest BCUT2D eigenvalue weighted by Crippen LogP contribution is -2.40. The van der Waals surface area contributed by atoms with Crippen molar-refractivity contribution >= 4 is 27.9 Å². The SMILES string of the molecule is O=C(NCC(F)(F)CO)C1=Cc2cc(Br)ccc2OC1. The van der Waals surface area contributed by atoms with E-state index in [1.165, 1.54) is 0 Å². The van der Waals surface area contributed by atoms with Gasteiger partial charge in [-0.2, -0.15) is 0 Å². The lowest BCUT2D eigenvalue weighted by atomic mass is 10.1. The second-order valence-corrected chi connectivity index (χ2v) is 5.25. The van der Waals surface area contributed by atoms with Crippen LogP contribution in [0.1, 0.15) is 5.56 Å². The van der Waals surface area contributed by atoms with E-state index in [1.807, 2.05) is 0 Å². The summed E-state index contributed by atoms with van der Waals surface area (Å²) in [6, 6.07) is 5.33. The standard InChI is InChI=1S/C13H12BrF2NO3/c14-10-1-2-11-8(4-10)3-9(5-20-11)12(19)17-6-13(15,16)7-18/h1-4,18H,5-7H2,(H,17,19). The monoisotopic (exact) mass is 347 g/mol. The van der Waals surface area contributed by atoms with Gasteiger partial charge in [0.15, 0.2) is 0 Å². The number of rotatable bonds is 4. The molecule has 108 valence electrons. The number of halogens is 3. The summed E-state index contributed by atoms with van der Waals surface area (Å²) >= 11 is 3.30. The van der Waals surface area contributed by atoms with Crippen LogP contribution >= 0.6 is 15.9 Å². The third kappa shape index (κ3) is 3.55. The van der Waals surface area contributed by atoms with Gasteiger partial charge in [-0.3, -0.25) is 4.79 Å². The molecule has 4 nitrogen and oxygen atoms in total. The van der Waals surface area contributed by atoms with Crippen molar-refractivity contribution < 1.29 is 23.4 Å². The molecule has 0 saturated carbocycles. The van der Waals surface area contributed by atoms with E-state index < -0.39 is 25.0 Å². The van der Waals surface area contributed by atoms with Crippen LogP contribution in [0.25, 0.3) is 6.08 Å². The first-order valence-corrected chi connectivity index (χ1v) is 6.60. The van der Waals surface area contributed by atoms with Gasteiger partial charge in [0.05, 0.1) is 12.1 Å². The van der Waals surface area contributed by atoms with Crippen LogP contribution in [0.15, 0.2) is 28.2 Å². The fourth-order valence-corrected chi connectivity index (χ4v) is 2.04. The van der Waals surface area contributed by atoms with Gasteiger partial charge >= 0.3 is 0 Å². The molecule has 0 fully saturated rings. The normalized spacial score (nSPS) is 14.1. The van der Waals surface area contributed by atoms with Gasteiger partial charge in [0.1, 0.15) is 19.0 Å². The maximum absolute atomic E-state index is 12.9. The molecule has 20 heavy (non-hydrogen) atoms. The molecule has 0 aromatic heterocycles. The molecule has 2 rings (SSSR count). The first-order valence-electron chi connectivity index (χ1n) is 5.81. The minimum atomic E-state index is -3.33. The maximum Gasteiger partial charge on any atom is 0.287 e. The van der Waals surface area contributed by atoms with E-state index in [0.29, 0.717) is 11.3 Å². The van der Waals surface area contributed by atoms with Crippen LogP contribution in [0.5, 0.6) is 5.75 Å². The molecule has 0 spiro atoms. The summed E-state index contributed by atoms with van der Waals surface area (Å²) in [6.45, 7) is -2.20. The van der Waals surface area contributed by atoms with E-state index in [1.54, 1.807) is 24.3 Å². The molecule has 1 aliphatic heterocycles. The minimum Gasteiger partial charge on any atom is -0.488 e. The Balaban J connectivity index is 2.08. The van der Waals surface area contributed by atoms with Crippen molar-refractivity contribution in [3.63, 3.8) is 0 Å². The molecule has 0 atom stereocenters. The number of aliphatic hydroxyl groups is 1. The predicted molar refractivity (Wildman–Crippen MR) is 72.7 cm³/mol. The van der Waals surface area contributed by atoms with Crippen molar-refractivity contribution in [1.82, 2.24) is 5.32 Å². The number of hydrogen-bond acceptors (Lipinski definition) is 3. The molecule has 1 amide bonds. The lowest BCUT2D eigenvalue weighted by Gasteiger charge is -2.19. The molecule has 2 N–H and O–H groups in total. The highest BCUT2D eigenvalue weighted by Crippen LogP contribution is 2.29. The number of hydrogen-bond donors (Lipinski definition) is 2. The molecular formula is C13H12BrF2NO3. The molecule has 0 saturated heterocycles. The van der Waals surface area contributed by atoms with Crippen LogP contribution in [-0.2, 0) is 4.79 Å². The summed E-state index contributed by atoms with van der Waals surface area (Å²) in [5, 5.41) is 10.5. The van der Waals surface area contributed by atoms with Gasteiger partial charge in [-0.05, 0) is 24.3 Å². The molecule has 1 aliphatic rings. The van der Waals surface area contributed by atoms with Crippen LogP contribution in [-0.4, -0.2) is 36.7 Å². The van der Waals surface area contributed by atoms with E-state index >= 15 is 0 Å². The third-order valence-electron chi connectivity index (χ3n) is 2.72. The number of amides is 1. The number of ether oxygens (including phenoxy) is 1. The summed E-state index contributed by atoms with van der Waals surface area (Å²) in [5.41, 5.74) is 0.953. The average Bonchev–Trinajstić information content (AvgIpc) is 2.44. The Morgan fingerprint density at radius 2 is 2.25 bits per heavy atom. The largest absolute Gasteiger partial charge is 0.488 e. The van der Waals surface area contributed by atoms with Crippen molar-refractivity contribution in [3.05, 3.63) is 33.8 Å². The average molecular weight is 348 g/mol. The highest BCUT2D eigenvalue weighted by atomic mass is 79.9. The van der Waals surface area contributed by atoms with Crippen molar-refractivity contribution in [2.45, 2.75) is 5.92 Å².